The van der Waals surface area contributed by atoms with Crippen LogP contribution in [0.3, 0.4) is 0 Å². The molecule has 1 N–H and O–H groups in total. The first-order valence-corrected chi connectivity index (χ1v) is 5.97. The van der Waals surface area contributed by atoms with Crippen LogP contribution in [0, 0.1) is 5.41 Å². The minimum atomic E-state index is -1.09. The largest absolute Gasteiger partial charge is 0.550 e. The number of hydrogen-bond donors (Lipinski definition) is 1. The Balaban J connectivity index is 2.31. The van der Waals surface area contributed by atoms with Gasteiger partial charge in [-0.05, 0) is 30.7 Å². The van der Waals surface area contributed by atoms with Crippen molar-refractivity contribution in [2.75, 3.05) is 0 Å². The van der Waals surface area contributed by atoms with E-state index in [1.165, 1.54) is 0 Å². The Hall–Kier alpha value is -1.35. The Bertz CT molecular complexity index is 401. The normalized spacial score (nSPS) is 32.6. The Kier molecular flexibility index (Phi) is 3.20. The predicted octanol–water partition coefficient (Wildman–Crippen LogP) is 1.07. The highest BCUT2D eigenvalue weighted by Gasteiger charge is 2.46. The summed E-state index contributed by atoms with van der Waals surface area (Å²) in [5.74, 6) is -0.994. The third-order valence-corrected chi connectivity index (χ3v) is 4.01. The minimum absolute atomic E-state index is 0.0896. The molecule has 2 rings (SSSR count). The number of carboxylic acids is 1. The summed E-state index contributed by atoms with van der Waals surface area (Å²) >= 11 is 0. The van der Waals surface area contributed by atoms with Crippen LogP contribution in [0.25, 0.3) is 0 Å². The molecule has 1 aliphatic rings. The lowest BCUT2D eigenvalue weighted by atomic mass is 9.72. The summed E-state index contributed by atoms with van der Waals surface area (Å²) in [7, 11) is 0. The zero-order chi connectivity index (χ0) is 12.5. The molecule has 0 spiro atoms. The summed E-state index contributed by atoms with van der Waals surface area (Å²) < 4.78 is 0. The van der Waals surface area contributed by atoms with Crippen molar-refractivity contribution in [1.82, 2.24) is 0 Å². The Labute approximate surface area is 101 Å². The van der Waals surface area contributed by atoms with Crippen LogP contribution in [0.1, 0.15) is 37.7 Å². The Morgan fingerprint density at radius 2 is 2.06 bits per heavy atom. The van der Waals surface area contributed by atoms with Crippen LogP contribution in [0.2, 0.25) is 0 Å². The van der Waals surface area contributed by atoms with Crippen LogP contribution in [0.5, 0.6) is 0 Å². The molecule has 0 bridgehead atoms. The summed E-state index contributed by atoms with van der Waals surface area (Å²) in [6.07, 6.45) is 0.831. The molecule has 0 heterocycles. The van der Waals surface area contributed by atoms with E-state index in [0.717, 1.165) is 12.0 Å². The SMILES string of the molecule is CC1(CC(=O)[O-])C(O)CCC1c1ccccc1. The fourth-order valence-electron chi connectivity index (χ4n) is 3.00. The lowest BCUT2D eigenvalue weighted by molar-refractivity contribution is -0.309. The van der Waals surface area contributed by atoms with Crippen molar-refractivity contribution in [1.29, 1.82) is 0 Å². The summed E-state index contributed by atoms with van der Waals surface area (Å²) in [6, 6.07) is 9.82. The van der Waals surface area contributed by atoms with Gasteiger partial charge in [0.1, 0.15) is 0 Å². The summed E-state index contributed by atoms with van der Waals surface area (Å²) in [4.78, 5) is 10.9. The maximum absolute atomic E-state index is 10.9. The first-order chi connectivity index (χ1) is 8.04. The van der Waals surface area contributed by atoms with Gasteiger partial charge in [-0.15, -0.1) is 0 Å². The van der Waals surface area contributed by atoms with Gasteiger partial charge in [0, 0.05) is 11.4 Å². The molecule has 1 saturated carbocycles. The molecule has 1 fully saturated rings. The van der Waals surface area contributed by atoms with Crippen LogP contribution in [-0.4, -0.2) is 17.2 Å². The van der Waals surface area contributed by atoms with Crippen molar-refractivity contribution in [3.8, 4) is 0 Å². The lowest BCUT2D eigenvalue weighted by Gasteiger charge is -2.35. The molecule has 1 aromatic rings. The molecule has 3 heteroatoms. The molecule has 0 aliphatic heterocycles. The van der Waals surface area contributed by atoms with Crippen molar-refractivity contribution in [2.24, 2.45) is 5.41 Å². The van der Waals surface area contributed by atoms with E-state index in [9.17, 15) is 15.0 Å². The molecular weight excluding hydrogens is 216 g/mol. The van der Waals surface area contributed by atoms with E-state index in [1.54, 1.807) is 0 Å². The van der Waals surface area contributed by atoms with E-state index < -0.39 is 17.5 Å². The highest BCUT2D eigenvalue weighted by atomic mass is 16.4. The van der Waals surface area contributed by atoms with E-state index >= 15 is 0 Å². The molecule has 17 heavy (non-hydrogen) atoms. The number of aliphatic hydroxyl groups is 1. The third kappa shape index (κ3) is 2.20. The Morgan fingerprint density at radius 3 is 2.65 bits per heavy atom. The molecule has 0 amide bonds. The van der Waals surface area contributed by atoms with Gasteiger partial charge < -0.3 is 15.0 Å². The van der Waals surface area contributed by atoms with E-state index in [1.807, 2.05) is 37.3 Å². The van der Waals surface area contributed by atoms with Crippen LogP contribution >= 0.6 is 0 Å². The molecule has 1 aliphatic carbocycles. The average molecular weight is 233 g/mol. The fraction of sp³-hybridized carbons (Fsp3) is 0.500. The molecule has 3 nitrogen and oxygen atoms in total. The van der Waals surface area contributed by atoms with Gasteiger partial charge in [-0.25, -0.2) is 0 Å². The standard InChI is InChI=1S/C14H18O3/c1-14(9-13(16)17)11(7-8-12(14)15)10-5-3-2-4-6-10/h2-6,11-12,15H,7-9H2,1H3,(H,16,17)/p-1. The second kappa shape index (κ2) is 4.49. The van der Waals surface area contributed by atoms with Crippen LogP contribution in [0.4, 0.5) is 0 Å². The molecule has 3 unspecified atom stereocenters. The van der Waals surface area contributed by atoms with Gasteiger partial charge in [0.2, 0.25) is 0 Å². The van der Waals surface area contributed by atoms with Gasteiger partial charge >= 0.3 is 0 Å². The van der Waals surface area contributed by atoms with Crippen molar-refractivity contribution in [3.05, 3.63) is 35.9 Å². The second-order valence-electron chi connectivity index (χ2n) is 5.11. The van der Waals surface area contributed by atoms with Crippen molar-refractivity contribution in [2.45, 2.75) is 38.2 Å². The highest BCUT2D eigenvalue weighted by molar-refractivity contribution is 5.65. The molecular formula is C14H17O3-. The second-order valence-corrected chi connectivity index (χ2v) is 5.11. The number of aliphatic carboxylic acids is 1. The smallest absolute Gasteiger partial charge is 0.0603 e. The van der Waals surface area contributed by atoms with Crippen molar-refractivity contribution < 1.29 is 15.0 Å². The fourth-order valence-corrected chi connectivity index (χ4v) is 3.00. The summed E-state index contributed by atoms with van der Waals surface area (Å²) in [5.41, 5.74) is 0.494. The van der Waals surface area contributed by atoms with Gasteiger partial charge in [-0.1, -0.05) is 37.3 Å². The number of hydrogen-bond acceptors (Lipinski definition) is 3. The number of benzene rings is 1. The topological polar surface area (TPSA) is 60.4 Å². The van der Waals surface area contributed by atoms with Crippen molar-refractivity contribution in [3.63, 3.8) is 0 Å². The zero-order valence-electron chi connectivity index (χ0n) is 9.93. The number of aliphatic hydroxyl groups excluding tert-OH is 1. The molecule has 0 saturated heterocycles. The van der Waals surface area contributed by atoms with Gasteiger partial charge in [0.05, 0.1) is 6.10 Å². The maximum atomic E-state index is 10.9. The minimum Gasteiger partial charge on any atom is -0.550 e. The molecule has 3 atom stereocenters. The van der Waals surface area contributed by atoms with E-state index in [-0.39, 0.29) is 12.3 Å². The number of carbonyl (C=O) groups is 1. The maximum Gasteiger partial charge on any atom is 0.0603 e. The van der Waals surface area contributed by atoms with Gasteiger partial charge in [-0.3, -0.25) is 0 Å². The monoisotopic (exact) mass is 233 g/mol. The number of carbonyl (C=O) groups excluding carboxylic acids is 1. The first kappa shape index (κ1) is 12.1. The summed E-state index contributed by atoms with van der Waals surface area (Å²) in [6.45, 7) is 1.85. The lowest BCUT2D eigenvalue weighted by Crippen LogP contribution is -2.38. The van der Waals surface area contributed by atoms with Crippen LogP contribution in [0.15, 0.2) is 30.3 Å². The average Bonchev–Trinajstić information content (AvgIpc) is 2.56. The number of rotatable bonds is 3. The quantitative estimate of drug-likeness (QED) is 0.849. The van der Waals surface area contributed by atoms with Crippen LogP contribution < -0.4 is 5.11 Å². The van der Waals surface area contributed by atoms with Gasteiger partial charge in [0.25, 0.3) is 0 Å². The summed E-state index contributed by atoms with van der Waals surface area (Å²) in [5, 5.41) is 20.9. The Morgan fingerprint density at radius 1 is 1.41 bits per heavy atom. The first-order valence-electron chi connectivity index (χ1n) is 5.97. The molecule has 92 valence electrons. The molecule has 1 aromatic carbocycles. The highest BCUT2D eigenvalue weighted by Crippen LogP contribution is 2.51. The van der Waals surface area contributed by atoms with Crippen LogP contribution in [-0.2, 0) is 4.79 Å². The van der Waals surface area contributed by atoms with E-state index in [0.29, 0.717) is 6.42 Å². The van der Waals surface area contributed by atoms with Gasteiger partial charge in [0.15, 0.2) is 0 Å². The third-order valence-electron chi connectivity index (χ3n) is 4.01. The predicted molar refractivity (Wildman–Crippen MR) is 62.2 cm³/mol. The van der Waals surface area contributed by atoms with E-state index in [4.69, 9.17) is 0 Å². The van der Waals surface area contributed by atoms with Gasteiger partial charge in [-0.2, -0.15) is 0 Å². The molecule has 0 radical (unpaired) electrons. The number of carboxylic acid groups (broad SMARTS) is 1. The van der Waals surface area contributed by atoms with Crippen molar-refractivity contribution >= 4 is 5.97 Å². The van der Waals surface area contributed by atoms with E-state index in [2.05, 4.69) is 0 Å². The zero-order valence-corrected chi connectivity index (χ0v) is 9.93. The molecule has 0 aromatic heterocycles.